The van der Waals surface area contributed by atoms with Gasteiger partial charge < -0.3 is 0 Å². The Bertz CT molecular complexity index is 280. The molecule has 0 spiro atoms. The SMILES string of the molecule is NNC1CCN(Cc2cccnc2)CC1. The molecule has 1 aliphatic rings. The second-order valence-electron chi connectivity index (χ2n) is 4.08. The fourth-order valence-electron chi connectivity index (χ4n) is 2.01. The maximum atomic E-state index is 5.42. The molecule has 0 bridgehead atoms. The van der Waals surface area contributed by atoms with Crippen LogP contribution >= 0.6 is 0 Å². The average Bonchev–Trinajstić information content (AvgIpc) is 2.31. The third-order valence-electron chi connectivity index (χ3n) is 2.95. The lowest BCUT2D eigenvalue weighted by Crippen LogP contribution is -2.44. The number of nitrogens with one attached hydrogen (secondary N) is 1. The summed E-state index contributed by atoms with van der Waals surface area (Å²) < 4.78 is 0. The van der Waals surface area contributed by atoms with Crippen LogP contribution in [0.4, 0.5) is 0 Å². The summed E-state index contributed by atoms with van der Waals surface area (Å²) in [7, 11) is 0. The minimum atomic E-state index is 0.496. The van der Waals surface area contributed by atoms with Gasteiger partial charge in [-0.1, -0.05) is 6.07 Å². The topological polar surface area (TPSA) is 54.2 Å². The van der Waals surface area contributed by atoms with E-state index >= 15 is 0 Å². The first-order valence-corrected chi connectivity index (χ1v) is 5.46. The fourth-order valence-corrected chi connectivity index (χ4v) is 2.01. The van der Waals surface area contributed by atoms with Gasteiger partial charge in [-0.05, 0) is 24.5 Å². The van der Waals surface area contributed by atoms with Crippen LogP contribution in [0.3, 0.4) is 0 Å². The van der Waals surface area contributed by atoms with E-state index in [1.807, 2.05) is 18.5 Å². The highest BCUT2D eigenvalue weighted by Gasteiger charge is 2.17. The molecule has 1 aromatic heterocycles. The zero-order valence-corrected chi connectivity index (χ0v) is 8.89. The molecule has 2 rings (SSSR count). The highest BCUT2D eigenvalue weighted by atomic mass is 15.2. The molecule has 1 aromatic rings. The summed E-state index contributed by atoms with van der Waals surface area (Å²) in [6, 6.07) is 4.61. The van der Waals surface area contributed by atoms with E-state index in [-0.39, 0.29) is 0 Å². The van der Waals surface area contributed by atoms with Gasteiger partial charge in [0.1, 0.15) is 0 Å². The molecule has 1 saturated heterocycles. The molecule has 0 amide bonds. The Morgan fingerprint density at radius 1 is 1.47 bits per heavy atom. The second-order valence-corrected chi connectivity index (χ2v) is 4.08. The van der Waals surface area contributed by atoms with Gasteiger partial charge in [-0.25, -0.2) is 0 Å². The second kappa shape index (κ2) is 5.21. The summed E-state index contributed by atoms with van der Waals surface area (Å²) >= 11 is 0. The van der Waals surface area contributed by atoms with Crippen molar-refractivity contribution in [3.8, 4) is 0 Å². The zero-order chi connectivity index (χ0) is 10.5. The summed E-state index contributed by atoms with van der Waals surface area (Å²) in [5.74, 6) is 5.42. The molecule has 4 heteroatoms. The van der Waals surface area contributed by atoms with Crippen LogP contribution in [0.2, 0.25) is 0 Å². The summed E-state index contributed by atoms with van der Waals surface area (Å²) in [4.78, 5) is 6.57. The number of hydrogen-bond donors (Lipinski definition) is 2. The van der Waals surface area contributed by atoms with Crippen LogP contribution in [0.5, 0.6) is 0 Å². The molecule has 0 atom stereocenters. The van der Waals surface area contributed by atoms with Gasteiger partial charge in [0.15, 0.2) is 0 Å². The molecular formula is C11H18N4. The standard InChI is InChI=1S/C11H18N4/c12-14-11-3-6-15(7-4-11)9-10-2-1-5-13-8-10/h1-2,5,8,11,14H,3-4,6-7,9,12H2. The van der Waals surface area contributed by atoms with Gasteiger partial charge in [-0.15, -0.1) is 0 Å². The Hall–Kier alpha value is -0.970. The number of nitrogens with zero attached hydrogens (tertiary/aromatic N) is 2. The van der Waals surface area contributed by atoms with Crippen molar-refractivity contribution >= 4 is 0 Å². The normalized spacial score (nSPS) is 19.3. The van der Waals surface area contributed by atoms with Crippen molar-refractivity contribution in [1.82, 2.24) is 15.3 Å². The molecule has 0 aromatic carbocycles. The number of pyridine rings is 1. The molecule has 15 heavy (non-hydrogen) atoms. The van der Waals surface area contributed by atoms with Crippen molar-refractivity contribution in [2.24, 2.45) is 5.84 Å². The first-order valence-electron chi connectivity index (χ1n) is 5.46. The summed E-state index contributed by atoms with van der Waals surface area (Å²) in [6.45, 7) is 3.23. The average molecular weight is 206 g/mol. The molecule has 0 aliphatic carbocycles. The summed E-state index contributed by atoms with van der Waals surface area (Å²) in [5.41, 5.74) is 4.14. The summed E-state index contributed by atoms with van der Waals surface area (Å²) in [6.07, 6.45) is 6.02. The number of hydrazine groups is 1. The Morgan fingerprint density at radius 2 is 2.27 bits per heavy atom. The number of aromatic nitrogens is 1. The van der Waals surface area contributed by atoms with E-state index < -0.39 is 0 Å². The Labute approximate surface area is 90.5 Å². The van der Waals surface area contributed by atoms with Gasteiger partial charge >= 0.3 is 0 Å². The van der Waals surface area contributed by atoms with Gasteiger partial charge in [-0.3, -0.25) is 21.2 Å². The van der Waals surface area contributed by atoms with Gasteiger partial charge in [0.05, 0.1) is 0 Å². The highest BCUT2D eigenvalue weighted by molar-refractivity contribution is 5.08. The third kappa shape index (κ3) is 2.99. The Kier molecular flexibility index (Phi) is 3.66. The first kappa shape index (κ1) is 10.5. The lowest BCUT2D eigenvalue weighted by Gasteiger charge is -2.31. The van der Waals surface area contributed by atoms with Crippen molar-refractivity contribution < 1.29 is 0 Å². The molecule has 0 radical (unpaired) electrons. The zero-order valence-electron chi connectivity index (χ0n) is 8.89. The molecule has 4 nitrogen and oxygen atoms in total. The quantitative estimate of drug-likeness (QED) is 0.559. The van der Waals surface area contributed by atoms with E-state index in [2.05, 4.69) is 21.4 Å². The molecule has 82 valence electrons. The van der Waals surface area contributed by atoms with Gasteiger partial charge in [-0.2, -0.15) is 0 Å². The summed E-state index contributed by atoms with van der Waals surface area (Å²) in [5, 5.41) is 0. The van der Waals surface area contributed by atoms with E-state index in [9.17, 15) is 0 Å². The maximum Gasteiger partial charge on any atom is 0.0312 e. The van der Waals surface area contributed by atoms with E-state index in [0.29, 0.717) is 6.04 Å². The molecule has 3 N–H and O–H groups in total. The van der Waals surface area contributed by atoms with E-state index in [1.54, 1.807) is 0 Å². The lowest BCUT2D eigenvalue weighted by atomic mass is 10.1. The molecule has 0 saturated carbocycles. The van der Waals surface area contributed by atoms with Crippen LogP contribution < -0.4 is 11.3 Å². The minimum Gasteiger partial charge on any atom is -0.299 e. The maximum absolute atomic E-state index is 5.42. The van der Waals surface area contributed by atoms with Gasteiger partial charge in [0.25, 0.3) is 0 Å². The predicted molar refractivity (Wildman–Crippen MR) is 59.9 cm³/mol. The smallest absolute Gasteiger partial charge is 0.0312 e. The largest absolute Gasteiger partial charge is 0.299 e. The lowest BCUT2D eigenvalue weighted by molar-refractivity contribution is 0.191. The molecule has 0 unspecified atom stereocenters. The molecular weight excluding hydrogens is 188 g/mol. The number of nitrogens with two attached hydrogens (primary N) is 1. The van der Waals surface area contributed by atoms with Crippen LogP contribution in [0.25, 0.3) is 0 Å². The fraction of sp³-hybridized carbons (Fsp3) is 0.545. The monoisotopic (exact) mass is 206 g/mol. The van der Waals surface area contributed by atoms with E-state index in [4.69, 9.17) is 5.84 Å². The van der Waals surface area contributed by atoms with Crippen LogP contribution in [-0.4, -0.2) is 29.0 Å². The van der Waals surface area contributed by atoms with Gasteiger partial charge in [0.2, 0.25) is 0 Å². The number of hydrogen-bond acceptors (Lipinski definition) is 4. The Balaban J connectivity index is 1.82. The van der Waals surface area contributed by atoms with Crippen LogP contribution in [0.1, 0.15) is 18.4 Å². The van der Waals surface area contributed by atoms with Crippen molar-refractivity contribution in [2.75, 3.05) is 13.1 Å². The van der Waals surface area contributed by atoms with E-state index in [0.717, 1.165) is 32.5 Å². The van der Waals surface area contributed by atoms with Crippen LogP contribution in [-0.2, 0) is 6.54 Å². The van der Waals surface area contributed by atoms with Crippen LogP contribution in [0.15, 0.2) is 24.5 Å². The molecule has 1 fully saturated rings. The molecule has 2 heterocycles. The number of likely N-dealkylation sites (tertiary alicyclic amines) is 1. The Morgan fingerprint density at radius 3 is 2.87 bits per heavy atom. The first-order chi connectivity index (χ1) is 7.38. The van der Waals surface area contributed by atoms with Crippen molar-refractivity contribution in [3.05, 3.63) is 30.1 Å². The number of piperidine rings is 1. The molecule has 1 aliphatic heterocycles. The van der Waals surface area contributed by atoms with Crippen molar-refractivity contribution in [3.63, 3.8) is 0 Å². The third-order valence-corrected chi connectivity index (χ3v) is 2.95. The minimum absolute atomic E-state index is 0.496. The predicted octanol–water partition coefficient (Wildman–Crippen LogP) is 0.509. The van der Waals surface area contributed by atoms with E-state index in [1.165, 1.54) is 5.56 Å². The number of rotatable bonds is 3. The van der Waals surface area contributed by atoms with Crippen LogP contribution in [0, 0.1) is 0 Å². The van der Waals surface area contributed by atoms with Crippen molar-refractivity contribution in [1.29, 1.82) is 0 Å². The highest BCUT2D eigenvalue weighted by Crippen LogP contribution is 2.12. The van der Waals surface area contributed by atoms with Crippen molar-refractivity contribution in [2.45, 2.75) is 25.4 Å². The van der Waals surface area contributed by atoms with Gasteiger partial charge in [0, 0.05) is 38.1 Å².